The molecule has 152 valence electrons. The maximum atomic E-state index is 12.4. The number of benzene rings is 2. The highest BCUT2D eigenvalue weighted by Gasteiger charge is 2.13. The lowest BCUT2D eigenvalue weighted by molar-refractivity contribution is 0.0925. The lowest BCUT2D eigenvalue weighted by atomic mass is 10.1. The molecule has 0 spiro atoms. The highest BCUT2D eigenvalue weighted by molar-refractivity contribution is 9.10. The van der Waals surface area contributed by atoms with E-state index in [1.807, 2.05) is 43.3 Å². The molecule has 7 heteroatoms. The Morgan fingerprint density at radius 2 is 1.79 bits per heavy atom. The molecule has 1 aromatic heterocycles. The normalized spacial score (nSPS) is 11.8. The van der Waals surface area contributed by atoms with Crippen LogP contribution in [0.1, 0.15) is 28.8 Å². The molecular formula is C22H22BrNO4S. The molecule has 0 fully saturated rings. The Hall–Kier alpha value is -2.38. The molecule has 5 nitrogen and oxygen atoms in total. The third-order valence-electron chi connectivity index (χ3n) is 4.17. The monoisotopic (exact) mass is 475 g/mol. The summed E-state index contributed by atoms with van der Waals surface area (Å²) in [5, 5.41) is 2.85. The second-order valence-corrected chi connectivity index (χ2v) is 8.66. The summed E-state index contributed by atoms with van der Waals surface area (Å²) < 4.78 is 24.4. The molecule has 0 radical (unpaired) electrons. The van der Waals surface area contributed by atoms with Crippen LogP contribution < -0.4 is 10.1 Å². The minimum atomic E-state index is -1.23. The number of hydrogen-bond donors (Lipinski definition) is 1. The summed E-state index contributed by atoms with van der Waals surface area (Å²) in [6, 6.07) is 18.4. The van der Waals surface area contributed by atoms with E-state index in [2.05, 4.69) is 21.2 Å². The maximum absolute atomic E-state index is 12.4. The fourth-order valence-corrected chi connectivity index (χ4v) is 3.99. The van der Waals surface area contributed by atoms with Crippen LogP contribution in [0.25, 0.3) is 0 Å². The van der Waals surface area contributed by atoms with E-state index in [9.17, 15) is 9.00 Å². The number of carbonyl (C=O) groups is 1. The third kappa shape index (κ3) is 6.30. The molecule has 0 bridgehead atoms. The molecule has 1 heterocycles. The van der Waals surface area contributed by atoms with Crippen molar-refractivity contribution in [2.45, 2.75) is 24.0 Å². The Morgan fingerprint density at radius 3 is 2.48 bits per heavy atom. The SMILES string of the molecule is CCOc1ccc(CCNC(=O)c2ccc(C[S@](=O)c3ccc(Br)cc3)o2)cc1. The summed E-state index contributed by atoms with van der Waals surface area (Å²) in [5.41, 5.74) is 1.11. The second-order valence-electron chi connectivity index (χ2n) is 6.29. The van der Waals surface area contributed by atoms with Gasteiger partial charge in [-0.05, 0) is 67.4 Å². The maximum Gasteiger partial charge on any atom is 0.287 e. The molecule has 3 rings (SSSR count). The zero-order valence-corrected chi connectivity index (χ0v) is 18.4. The Kier molecular flexibility index (Phi) is 7.66. The molecule has 0 unspecified atom stereocenters. The summed E-state index contributed by atoms with van der Waals surface area (Å²) in [4.78, 5) is 13.0. The van der Waals surface area contributed by atoms with Crippen molar-refractivity contribution >= 4 is 32.6 Å². The Labute approximate surface area is 181 Å². The van der Waals surface area contributed by atoms with Gasteiger partial charge in [0.05, 0.1) is 23.2 Å². The largest absolute Gasteiger partial charge is 0.494 e. The van der Waals surface area contributed by atoms with Crippen molar-refractivity contribution in [1.82, 2.24) is 5.32 Å². The van der Waals surface area contributed by atoms with Gasteiger partial charge in [0.25, 0.3) is 5.91 Å². The average Bonchev–Trinajstić information content (AvgIpc) is 3.18. The van der Waals surface area contributed by atoms with Crippen LogP contribution in [-0.4, -0.2) is 23.3 Å². The van der Waals surface area contributed by atoms with E-state index in [1.165, 1.54) is 0 Å². The highest BCUT2D eigenvalue weighted by Crippen LogP contribution is 2.18. The number of ether oxygens (including phenoxy) is 1. The molecular weight excluding hydrogens is 454 g/mol. The van der Waals surface area contributed by atoms with Gasteiger partial charge >= 0.3 is 0 Å². The first-order chi connectivity index (χ1) is 14.0. The standard InChI is InChI=1S/C22H22BrNO4S/c1-2-27-18-7-3-16(4-8-18)13-14-24-22(25)21-12-9-19(28-21)15-29(26)20-10-5-17(23)6-11-20/h3-12H,2,13-15H2,1H3,(H,24,25)/t29-/m0/s1. The van der Waals surface area contributed by atoms with E-state index in [4.69, 9.17) is 9.15 Å². The lowest BCUT2D eigenvalue weighted by Crippen LogP contribution is -2.25. The molecule has 0 aliphatic carbocycles. The van der Waals surface area contributed by atoms with Crippen molar-refractivity contribution in [3.63, 3.8) is 0 Å². The van der Waals surface area contributed by atoms with Gasteiger partial charge < -0.3 is 14.5 Å². The van der Waals surface area contributed by atoms with E-state index in [1.54, 1.807) is 24.3 Å². The van der Waals surface area contributed by atoms with Gasteiger partial charge in [0.2, 0.25) is 0 Å². The number of hydrogen-bond acceptors (Lipinski definition) is 4. The zero-order chi connectivity index (χ0) is 20.6. The Balaban J connectivity index is 1.48. The van der Waals surface area contributed by atoms with Crippen molar-refractivity contribution in [3.8, 4) is 5.75 Å². The van der Waals surface area contributed by atoms with Crippen LogP contribution in [0.5, 0.6) is 5.75 Å². The molecule has 2 aromatic carbocycles. The van der Waals surface area contributed by atoms with Crippen molar-refractivity contribution in [1.29, 1.82) is 0 Å². The van der Waals surface area contributed by atoms with Gasteiger partial charge in [0.15, 0.2) is 5.76 Å². The number of nitrogens with one attached hydrogen (secondary N) is 1. The Morgan fingerprint density at radius 1 is 1.07 bits per heavy atom. The van der Waals surface area contributed by atoms with Crippen LogP contribution in [0.3, 0.4) is 0 Å². The Bertz CT molecular complexity index is 967. The summed E-state index contributed by atoms with van der Waals surface area (Å²) in [5.74, 6) is 1.52. The predicted molar refractivity (Wildman–Crippen MR) is 117 cm³/mol. The van der Waals surface area contributed by atoms with Crippen LogP contribution in [-0.2, 0) is 23.0 Å². The zero-order valence-electron chi connectivity index (χ0n) is 16.0. The fourth-order valence-electron chi connectivity index (χ4n) is 2.70. The van der Waals surface area contributed by atoms with Crippen LogP contribution in [0.15, 0.2) is 74.4 Å². The lowest BCUT2D eigenvalue weighted by Gasteiger charge is -2.06. The smallest absolute Gasteiger partial charge is 0.287 e. The van der Waals surface area contributed by atoms with Gasteiger partial charge in [-0.2, -0.15) is 0 Å². The first kappa shape index (κ1) is 21.3. The molecule has 0 saturated heterocycles. The van der Waals surface area contributed by atoms with E-state index in [0.717, 1.165) is 15.8 Å². The third-order valence-corrected chi connectivity index (χ3v) is 6.04. The van der Waals surface area contributed by atoms with E-state index >= 15 is 0 Å². The number of rotatable bonds is 9. The number of amides is 1. The minimum Gasteiger partial charge on any atom is -0.494 e. The van der Waals surface area contributed by atoms with Crippen LogP contribution in [0.2, 0.25) is 0 Å². The van der Waals surface area contributed by atoms with E-state index < -0.39 is 10.8 Å². The van der Waals surface area contributed by atoms with Gasteiger partial charge in [0, 0.05) is 15.9 Å². The van der Waals surface area contributed by atoms with Gasteiger partial charge in [-0.15, -0.1) is 0 Å². The first-order valence-corrected chi connectivity index (χ1v) is 11.4. The number of carbonyl (C=O) groups excluding carboxylic acids is 1. The van der Waals surface area contributed by atoms with Gasteiger partial charge in [0.1, 0.15) is 11.5 Å². The number of halogens is 1. The van der Waals surface area contributed by atoms with Crippen LogP contribution >= 0.6 is 15.9 Å². The van der Waals surface area contributed by atoms with Crippen molar-refractivity contribution in [2.75, 3.05) is 13.2 Å². The topological polar surface area (TPSA) is 68.5 Å². The minimum absolute atomic E-state index is 0.222. The average molecular weight is 476 g/mol. The summed E-state index contributed by atoms with van der Waals surface area (Å²) in [6.07, 6.45) is 0.708. The molecule has 1 amide bonds. The summed E-state index contributed by atoms with van der Waals surface area (Å²) in [7, 11) is -1.23. The fraction of sp³-hybridized carbons (Fsp3) is 0.227. The molecule has 29 heavy (non-hydrogen) atoms. The molecule has 0 aliphatic rings. The van der Waals surface area contributed by atoms with E-state index in [0.29, 0.717) is 30.2 Å². The van der Waals surface area contributed by atoms with Crippen LogP contribution in [0, 0.1) is 0 Å². The first-order valence-electron chi connectivity index (χ1n) is 9.27. The molecule has 0 aliphatic heterocycles. The van der Waals surface area contributed by atoms with Gasteiger partial charge in [-0.1, -0.05) is 28.1 Å². The van der Waals surface area contributed by atoms with Crippen molar-refractivity contribution in [3.05, 3.63) is 82.2 Å². The molecule has 3 aromatic rings. The molecule has 1 atom stereocenters. The van der Waals surface area contributed by atoms with Crippen molar-refractivity contribution < 1.29 is 18.2 Å². The molecule has 1 N–H and O–H groups in total. The quantitative estimate of drug-likeness (QED) is 0.485. The predicted octanol–water partition coefficient (Wildman–Crippen LogP) is 4.72. The second kappa shape index (κ2) is 10.4. The summed E-state index contributed by atoms with van der Waals surface area (Å²) in [6.45, 7) is 3.08. The van der Waals surface area contributed by atoms with Crippen LogP contribution in [0.4, 0.5) is 0 Å². The van der Waals surface area contributed by atoms with Crippen molar-refractivity contribution in [2.24, 2.45) is 0 Å². The van der Waals surface area contributed by atoms with Gasteiger partial charge in [-0.25, -0.2) is 0 Å². The summed E-state index contributed by atoms with van der Waals surface area (Å²) >= 11 is 3.36. The van der Waals surface area contributed by atoms with E-state index in [-0.39, 0.29) is 17.4 Å². The highest BCUT2D eigenvalue weighted by atomic mass is 79.9. The number of furan rings is 1. The molecule has 0 saturated carbocycles. The van der Waals surface area contributed by atoms with Gasteiger partial charge in [-0.3, -0.25) is 9.00 Å².